The van der Waals surface area contributed by atoms with Gasteiger partial charge in [0.25, 0.3) is 11.8 Å². The van der Waals surface area contributed by atoms with Crippen LogP contribution < -0.4 is 22.1 Å². The van der Waals surface area contributed by atoms with Gasteiger partial charge < -0.3 is 52.1 Å². The van der Waals surface area contributed by atoms with Crippen LogP contribution in [0.4, 0.5) is 9.59 Å². The summed E-state index contributed by atoms with van der Waals surface area (Å²) in [6, 6.07) is 28.8. The highest BCUT2D eigenvalue weighted by Gasteiger charge is 2.53. The van der Waals surface area contributed by atoms with Crippen molar-refractivity contribution in [2.75, 3.05) is 13.1 Å². The number of hydrogen-bond acceptors (Lipinski definition) is 6. The van der Waals surface area contributed by atoms with E-state index in [1.165, 1.54) is 9.80 Å². The van der Waals surface area contributed by atoms with Crippen LogP contribution in [-0.4, -0.2) is 78.9 Å². The number of rotatable bonds is 11. The number of carbonyl (C=O) groups is 6. The van der Waals surface area contributed by atoms with Crippen molar-refractivity contribution in [3.05, 3.63) is 131 Å². The van der Waals surface area contributed by atoms with E-state index in [0.717, 1.165) is 21.8 Å². The molecule has 4 atom stereocenters. The van der Waals surface area contributed by atoms with Crippen LogP contribution in [0.3, 0.4) is 0 Å². The zero-order valence-electron chi connectivity index (χ0n) is 32.2. The smallest absolute Gasteiger partial charge is 0.405 e. The van der Waals surface area contributed by atoms with E-state index in [-0.39, 0.29) is 25.9 Å². The van der Waals surface area contributed by atoms with Crippen molar-refractivity contribution in [1.29, 1.82) is 0 Å². The highest BCUT2D eigenvalue weighted by atomic mass is 16.4. The van der Waals surface area contributed by atoms with E-state index in [0.29, 0.717) is 46.5 Å². The number of carboxylic acid groups (broad SMARTS) is 2. The zero-order chi connectivity index (χ0) is 42.3. The van der Waals surface area contributed by atoms with Crippen LogP contribution in [-0.2, 0) is 30.3 Å². The van der Waals surface area contributed by atoms with Crippen LogP contribution in [0.15, 0.2) is 109 Å². The molecule has 2 aliphatic rings. The van der Waals surface area contributed by atoms with E-state index < -0.39 is 59.0 Å². The highest BCUT2D eigenvalue weighted by molar-refractivity contribution is 5.99. The quantitative estimate of drug-likeness (QED) is 0.0887. The first-order chi connectivity index (χ1) is 28.8. The second-order valence-electron chi connectivity index (χ2n) is 15.2. The maximum Gasteiger partial charge on any atom is 0.405 e. The molecule has 2 aromatic heterocycles. The van der Waals surface area contributed by atoms with Crippen molar-refractivity contribution in [3.8, 4) is 11.4 Å². The summed E-state index contributed by atoms with van der Waals surface area (Å²) in [4.78, 5) is 88.5. The number of primary amides is 2. The Hall–Kier alpha value is -7.62. The summed E-state index contributed by atoms with van der Waals surface area (Å²) in [6.45, 7) is 0.380. The molecule has 6 amide bonds. The average molecular weight is 811 g/mol. The standard InChI is InChI=1S/C44H42N8O8/c45-39(55)43(17-7-19-51(43)37(53)35(49-41(57)58)25-9-3-1-4-10-25)29-13-15-31-27(21-29)23-33(47-31)34-24-28-22-30(14-16-32(28)48-34)44(40(46)56)18-8-20-52(44)38(54)36(50-42(59)60)26-11-5-2-6-12-26/h1-6,9-16,21-24,35-36,47-50H,7-8,17-20H2,(H2,45,55)(H2,46,56)(H,57,58)(H,59,60)/t35-,36-,43+,44+/m1/s1. The largest absolute Gasteiger partial charge is 0.465 e. The lowest BCUT2D eigenvalue weighted by Crippen LogP contribution is -2.56. The number of amides is 6. The minimum atomic E-state index is -1.54. The second kappa shape index (κ2) is 15.3. The molecular weight excluding hydrogens is 769 g/mol. The summed E-state index contributed by atoms with van der Waals surface area (Å²) in [5, 5.41) is 25.3. The zero-order valence-corrected chi connectivity index (χ0v) is 32.2. The average Bonchev–Trinajstić information content (AvgIpc) is 4.06. The lowest BCUT2D eigenvalue weighted by Gasteiger charge is -2.38. The fourth-order valence-corrected chi connectivity index (χ4v) is 9.13. The molecule has 0 aliphatic carbocycles. The Morgan fingerprint density at radius 1 is 0.567 bits per heavy atom. The third-order valence-electron chi connectivity index (χ3n) is 11.9. The summed E-state index contributed by atoms with van der Waals surface area (Å²) >= 11 is 0. The molecule has 306 valence electrons. The van der Waals surface area contributed by atoms with Crippen LogP contribution in [0.25, 0.3) is 33.2 Å². The van der Waals surface area contributed by atoms with Gasteiger partial charge >= 0.3 is 12.2 Å². The van der Waals surface area contributed by atoms with Crippen molar-refractivity contribution in [3.63, 3.8) is 0 Å². The molecule has 8 rings (SSSR count). The van der Waals surface area contributed by atoms with E-state index in [1.54, 1.807) is 97.1 Å². The lowest BCUT2D eigenvalue weighted by molar-refractivity contribution is -0.145. The highest BCUT2D eigenvalue weighted by Crippen LogP contribution is 2.44. The number of carbonyl (C=O) groups excluding carboxylic acids is 4. The molecule has 10 N–H and O–H groups in total. The van der Waals surface area contributed by atoms with Gasteiger partial charge in [-0.3, -0.25) is 19.2 Å². The van der Waals surface area contributed by atoms with E-state index in [1.807, 2.05) is 12.1 Å². The van der Waals surface area contributed by atoms with E-state index in [4.69, 9.17) is 11.5 Å². The number of nitrogens with two attached hydrogens (primary N) is 2. The first kappa shape index (κ1) is 39.2. The molecule has 0 radical (unpaired) electrons. The molecule has 16 nitrogen and oxygen atoms in total. The van der Waals surface area contributed by atoms with Crippen LogP contribution in [0.1, 0.15) is 60.0 Å². The molecule has 2 fully saturated rings. The number of nitrogens with zero attached hydrogens (tertiary/aromatic N) is 2. The van der Waals surface area contributed by atoms with Gasteiger partial charge in [0, 0.05) is 34.9 Å². The van der Waals surface area contributed by atoms with Gasteiger partial charge in [-0.1, -0.05) is 72.8 Å². The molecule has 4 heterocycles. The maximum absolute atomic E-state index is 14.2. The number of benzene rings is 4. The van der Waals surface area contributed by atoms with Gasteiger partial charge in [-0.25, -0.2) is 9.59 Å². The first-order valence-electron chi connectivity index (χ1n) is 19.4. The van der Waals surface area contributed by atoms with Crippen molar-refractivity contribution in [1.82, 2.24) is 30.4 Å². The molecule has 0 spiro atoms. The second-order valence-corrected chi connectivity index (χ2v) is 15.2. The predicted octanol–water partition coefficient (Wildman–Crippen LogP) is 4.94. The minimum Gasteiger partial charge on any atom is -0.465 e. The van der Waals surface area contributed by atoms with Crippen molar-refractivity contribution >= 4 is 57.6 Å². The van der Waals surface area contributed by atoms with Crippen molar-refractivity contribution in [2.45, 2.75) is 48.8 Å². The third-order valence-corrected chi connectivity index (χ3v) is 11.9. The minimum absolute atomic E-state index is 0.190. The number of fused-ring (bicyclic) bond motifs is 2. The van der Waals surface area contributed by atoms with Crippen LogP contribution in [0.5, 0.6) is 0 Å². The van der Waals surface area contributed by atoms with Crippen molar-refractivity contribution < 1.29 is 39.0 Å². The Kier molecular flexibility index (Phi) is 9.99. The predicted molar refractivity (Wildman–Crippen MR) is 220 cm³/mol. The topological polar surface area (TPSA) is 257 Å². The number of aromatic nitrogens is 2. The molecule has 2 aliphatic heterocycles. The maximum atomic E-state index is 14.2. The molecule has 6 aromatic rings. The summed E-state index contributed by atoms with van der Waals surface area (Å²) in [7, 11) is 0. The van der Waals surface area contributed by atoms with Crippen LogP contribution in [0, 0.1) is 0 Å². The van der Waals surface area contributed by atoms with Gasteiger partial charge in [-0.15, -0.1) is 0 Å². The first-order valence-corrected chi connectivity index (χ1v) is 19.4. The number of hydrogen-bond donors (Lipinski definition) is 8. The molecule has 0 saturated carbocycles. The Morgan fingerprint density at radius 3 is 1.30 bits per heavy atom. The van der Waals surface area contributed by atoms with Gasteiger partial charge in [0.2, 0.25) is 11.8 Å². The Bertz CT molecular complexity index is 2500. The fraction of sp³-hybridized carbons (Fsp3) is 0.227. The van der Waals surface area contributed by atoms with E-state index in [2.05, 4.69) is 20.6 Å². The Morgan fingerprint density at radius 2 is 0.950 bits per heavy atom. The lowest BCUT2D eigenvalue weighted by atomic mass is 9.85. The van der Waals surface area contributed by atoms with E-state index >= 15 is 0 Å². The summed E-state index contributed by atoms with van der Waals surface area (Å²) < 4.78 is 0. The monoisotopic (exact) mass is 810 g/mol. The molecule has 16 heteroatoms. The van der Waals surface area contributed by atoms with Gasteiger partial charge in [-0.05, 0) is 84.3 Å². The molecule has 2 saturated heterocycles. The number of aromatic amines is 2. The van der Waals surface area contributed by atoms with Gasteiger partial charge in [0.15, 0.2) is 0 Å². The van der Waals surface area contributed by atoms with Gasteiger partial charge in [-0.2, -0.15) is 0 Å². The Labute approximate surface area is 342 Å². The number of likely N-dealkylation sites (tertiary alicyclic amines) is 2. The van der Waals surface area contributed by atoms with Crippen molar-refractivity contribution in [2.24, 2.45) is 11.5 Å². The third kappa shape index (κ3) is 6.60. The summed E-state index contributed by atoms with van der Waals surface area (Å²) in [5.41, 5.74) is 13.8. The number of nitrogens with one attached hydrogen (secondary N) is 4. The Balaban J connectivity index is 1.12. The summed E-state index contributed by atoms with van der Waals surface area (Å²) in [5.74, 6) is -2.66. The molecule has 60 heavy (non-hydrogen) atoms. The van der Waals surface area contributed by atoms with Crippen LogP contribution >= 0.6 is 0 Å². The molecule has 0 bridgehead atoms. The normalized spacial score (nSPS) is 19.9. The van der Waals surface area contributed by atoms with Crippen LogP contribution in [0.2, 0.25) is 0 Å². The van der Waals surface area contributed by atoms with E-state index in [9.17, 15) is 39.0 Å². The molecule has 0 unspecified atom stereocenters. The molecular formula is C44H42N8O8. The van der Waals surface area contributed by atoms with Gasteiger partial charge in [0.1, 0.15) is 23.2 Å². The number of H-pyrrole nitrogens is 2. The summed E-state index contributed by atoms with van der Waals surface area (Å²) in [6.07, 6.45) is -1.36. The molecule has 4 aromatic carbocycles. The SMILES string of the molecule is NC(=O)[C@@]1(c2ccc3[nH]c(-c4cc5cc([C@]6(C(N)=O)CCCN6C(=O)[C@H](NC(=O)O)c6ccccc6)ccc5[nH]4)cc3c2)CCCN1C(=O)[C@H](NC(=O)O)c1ccccc1. The van der Waals surface area contributed by atoms with Gasteiger partial charge in [0.05, 0.1) is 11.4 Å². The fourth-order valence-electron chi connectivity index (χ4n) is 9.13.